The van der Waals surface area contributed by atoms with Gasteiger partial charge in [0.05, 0.1) is 24.6 Å². The van der Waals surface area contributed by atoms with Gasteiger partial charge in [0.25, 0.3) is 0 Å². The summed E-state index contributed by atoms with van der Waals surface area (Å²) in [6.07, 6.45) is 2.37. The Morgan fingerprint density at radius 1 is 1.36 bits per heavy atom. The van der Waals surface area contributed by atoms with Gasteiger partial charge in [-0.3, -0.25) is 0 Å². The van der Waals surface area contributed by atoms with Gasteiger partial charge in [-0.2, -0.15) is 0 Å². The van der Waals surface area contributed by atoms with E-state index in [0.29, 0.717) is 30.4 Å². The first-order valence-corrected chi connectivity index (χ1v) is 11.4. The summed E-state index contributed by atoms with van der Waals surface area (Å²) in [5, 5.41) is 2.44. The fraction of sp³-hybridized carbons (Fsp3) is 0.619. The van der Waals surface area contributed by atoms with Gasteiger partial charge < -0.3 is 14.8 Å². The molecule has 4 rings (SSSR count). The zero-order valence-electron chi connectivity index (χ0n) is 16.6. The fourth-order valence-corrected chi connectivity index (χ4v) is 6.56. The number of halogens is 1. The monoisotopic (exact) mass is 409 g/mol. The van der Waals surface area contributed by atoms with Crippen LogP contribution in [0.4, 0.5) is 4.39 Å². The lowest BCUT2D eigenvalue weighted by Gasteiger charge is -2.54. The van der Waals surface area contributed by atoms with Gasteiger partial charge in [0.1, 0.15) is 21.9 Å². The molecule has 1 aromatic carbocycles. The van der Waals surface area contributed by atoms with E-state index in [-0.39, 0.29) is 18.3 Å². The molecule has 154 valence electrons. The molecular formula is C21H28FNO4S. The Labute approximate surface area is 166 Å². The molecule has 0 aromatic heterocycles. The highest BCUT2D eigenvalue weighted by atomic mass is 32.2. The van der Waals surface area contributed by atoms with Crippen LogP contribution >= 0.6 is 0 Å². The summed E-state index contributed by atoms with van der Waals surface area (Å²) in [6.45, 7) is 9.75. The Morgan fingerprint density at radius 3 is 2.75 bits per heavy atom. The molecule has 0 unspecified atom stereocenters. The summed E-state index contributed by atoms with van der Waals surface area (Å²) in [6, 6.07) is 4.56. The van der Waals surface area contributed by atoms with E-state index in [9.17, 15) is 8.42 Å². The van der Waals surface area contributed by atoms with Gasteiger partial charge in [-0.1, -0.05) is 6.58 Å². The molecule has 3 fully saturated rings. The molecular weight excluding hydrogens is 381 g/mol. The van der Waals surface area contributed by atoms with Crippen molar-refractivity contribution >= 4 is 9.84 Å². The van der Waals surface area contributed by atoms with Gasteiger partial charge in [0.15, 0.2) is 9.84 Å². The minimum absolute atomic E-state index is 0.0517. The lowest BCUT2D eigenvalue weighted by atomic mass is 9.81. The number of ether oxygens (including phenoxy) is 2. The molecule has 1 saturated carbocycles. The Kier molecular flexibility index (Phi) is 4.54. The predicted octanol–water partition coefficient (Wildman–Crippen LogP) is 3.30. The molecule has 2 heterocycles. The molecule has 3 aliphatic rings. The van der Waals surface area contributed by atoms with E-state index in [0.717, 1.165) is 12.8 Å². The largest absolute Gasteiger partial charge is 0.493 e. The Balaban J connectivity index is 1.81. The van der Waals surface area contributed by atoms with Crippen LogP contribution in [0.1, 0.15) is 45.6 Å². The number of rotatable bonds is 4. The van der Waals surface area contributed by atoms with E-state index < -0.39 is 31.2 Å². The van der Waals surface area contributed by atoms with Gasteiger partial charge in [0, 0.05) is 11.3 Å². The van der Waals surface area contributed by atoms with E-state index in [1.165, 1.54) is 6.07 Å². The SMILES string of the molecule is C=C1N[C@@]2(c3cc(OCC4CC4)ccc3F)CO[C@H](C)C[C@H]2S(=O)(=O)C1(C)C. The molecule has 2 aliphatic heterocycles. The van der Waals surface area contributed by atoms with Gasteiger partial charge >= 0.3 is 0 Å². The van der Waals surface area contributed by atoms with Crippen molar-refractivity contribution in [3.8, 4) is 5.75 Å². The highest BCUT2D eigenvalue weighted by Crippen LogP contribution is 2.48. The van der Waals surface area contributed by atoms with Crippen molar-refractivity contribution in [1.29, 1.82) is 0 Å². The highest BCUT2D eigenvalue weighted by Gasteiger charge is 2.61. The summed E-state index contributed by atoms with van der Waals surface area (Å²) < 4.78 is 52.6. The summed E-state index contributed by atoms with van der Waals surface area (Å²) >= 11 is 0. The van der Waals surface area contributed by atoms with Crippen LogP contribution in [0.3, 0.4) is 0 Å². The highest BCUT2D eigenvalue weighted by molar-refractivity contribution is 7.93. The zero-order valence-corrected chi connectivity index (χ0v) is 17.4. The van der Waals surface area contributed by atoms with Gasteiger partial charge in [0.2, 0.25) is 0 Å². The van der Waals surface area contributed by atoms with Crippen molar-refractivity contribution in [3.05, 3.63) is 41.9 Å². The first-order valence-electron chi connectivity index (χ1n) is 9.83. The van der Waals surface area contributed by atoms with Crippen LogP contribution in [-0.2, 0) is 20.1 Å². The molecule has 1 aromatic rings. The van der Waals surface area contributed by atoms with Crippen LogP contribution in [0.25, 0.3) is 0 Å². The third kappa shape index (κ3) is 2.94. The quantitative estimate of drug-likeness (QED) is 0.827. The maximum atomic E-state index is 15.0. The fourth-order valence-electron chi connectivity index (χ4n) is 4.15. The number of nitrogens with one attached hydrogen (secondary N) is 1. The summed E-state index contributed by atoms with van der Waals surface area (Å²) in [7, 11) is -3.65. The maximum Gasteiger partial charge on any atom is 0.166 e. The van der Waals surface area contributed by atoms with Crippen LogP contribution in [0, 0.1) is 11.7 Å². The number of sulfone groups is 1. The second-order valence-electron chi connectivity index (χ2n) is 8.87. The number of hydrogen-bond acceptors (Lipinski definition) is 5. The molecule has 2 saturated heterocycles. The van der Waals surface area contributed by atoms with Crippen molar-refractivity contribution < 1.29 is 22.3 Å². The number of benzene rings is 1. The molecule has 3 atom stereocenters. The minimum Gasteiger partial charge on any atom is -0.493 e. The summed E-state index contributed by atoms with van der Waals surface area (Å²) in [5.41, 5.74) is -0.607. The topological polar surface area (TPSA) is 64.6 Å². The third-order valence-corrected chi connectivity index (χ3v) is 9.49. The van der Waals surface area contributed by atoms with Crippen molar-refractivity contribution in [1.82, 2.24) is 5.32 Å². The van der Waals surface area contributed by atoms with E-state index in [4.69, 9.17) is 9.47 Å². The van der Waals surface area contributed by atoms with E-state index >= 15 is 4.39 Å². The van der Waals surface area contributed by atoms with Crippen LogP contribution < -0.4 is 10.1 Å². The second-order valence-corrected chi connectivity index (χ2v) is 11.6. The molecule has 1 aliphatic carbocycles. The van der Waals surface area contributed by atoms with Crippen LogP contribution in [0.5, 0.6) is 5.75 Å². The lowest BCUT2D eigenvalue weighted by molar-refractivity contribution is -0.0314. The smallest absolute Gasteiger partial charge is 0.166 e. The van der Waals surface area contributed by atoms with Crippen molar-refractivity contribution in [2.24, 2.45) is 5.92 Å². The van der Waals surface area contributed by atoms with Gasteiger partial charge in [-0.25, -0.2) is 12.8 Å². The first kappa shape index (κ1) is 19.7. The molecule has 0 spiro atoms. The first-order chi connectivity index (χ1) is 13.1. The number of fused-ring (bicyclic) bond motifs is 1. The second kappa shape index (κ2) is 6.46. The average molecular weight is 410 g/mol. The minimum atomic E-state index is -3.65. The van der Waals surface area contributed by atoms with Gasteiger partial charge in [-0.15, -0.1) is 0 Å². The van der Waals surface area contributed by atoms with Crippen LogP contribution in [0.2, 0.25) is 0 Å². The molecule has 0 radical (unpaired) electrons. The van der Waals surface area contributed by atoms with E-state index in [1.807, 2.05) is 6.92 Å². The summed E-state index contributed by atoms with van der Waals surface area (Å²) in [5.74, 6) is 0.633. The standard InChI is InChI=1S/C21H28FNO4S/c1-13-9-19-21(12-27-13,23-14(2)20(3,4)28(19,24)25)17-10-16(7-8-18(17)22)26-11-15-5-6-15/h7-8,10,13,15,19,23H,2,5-6,9,11-12H2,1,3-4H3/t13-,19-,21-/m1/s1. The molecule has 1 N–H and O–H groups in total. The average Bonchev–Trinajstić information content (AvgIpc) is 3.45. The van der Waals surface area contributed by atoms with Crippen LogP contribution in [-0.4, -0.2) is 37.7 Å². The van der Waals surface area contributed by atoms with E-state index in [2.05, 4.69) is 11.9 Å². The Bertz CT molecular complexity index is 909. The van der Waals surface area contributed by atoms with Crippen molar-refractivity contribution in [2.45, 2.75) is 61.7 Å². The molecule has 0 amide bonds. The Hall–Kier alpha value is -1.60. The molecule has 7 heteroatoms. The third-order valence-electron chi connectivity index (χ3n) is 6.48. The van der Waals surface area contributed by atoms with Gasteiger partial charge in [-0.05, 0) is 64.2 Å². The Morgan fingerprint density at radius 2 is 2.07 bits per heavy atom. The normalized spacial score (nSPS) is 33.6. The molecule has 5 nitrogen and oxygen atoms in total. The van der Waals surface area contributed by atoms with Crippen LogP contribution in [0.15, 0.2) is 30.5 Å². The van der Waals surface area contributed by atoms with E-state index in [1.54, 1.807) is 26.0 Å². The number of hydrogen-bond donors (Lipinski definition) is 1. The molecule has 28 heavy (non-hydrogen) atoms. The molecule has 0 bridgehead atoms. The van der Waals surface area contributed by atoms with Crippen molar-refractivity contribution in [3.63, 3.8) is 0 Å². The maximum absolute atomic E-state index is 15.0. The summed E-state index contributed by atoms with van der Waals surface area (Å²) in [4.78, 5) is 0. The predicted molar refractivity (Wildman–Crippen MR) is 105 cm³/mol. The van der Waals surface area contributed by atoms with Crippen molar-refractivity contribution in [2.75, 3.05) is 13.2 Å². The lowest BCUT2D eigenvalue weighted by Crippen LogP contribution is -2.69. The zero-order chi connectivity index (χ0) is 20.3.